The molecule has 0 aromatic heterocycles. The summed E-state index contributed by atoms with van der Waals surface area (Å²) in [6, 6.07) is 11.8. The van der Waals surface area contributed by atoms with E-state index in [1.54, 1.807) is 36.4 Å². The Labute approximate surface area is 212 Å². The van der Waals surface area contributed by atoms with Crippen molar-refractivity contribution in [3.8, 4) is 5.75 Å². The second-order valence-corrected chi connectivity index (χ2v) is 9.34. The quantitative estimate of drug-likeness (QED) is 0.509. The van der Waals surface area contributed by atoms with Crippen molar-refractivity contribution in [1.82, 2.24) is 10.2 Å². The Morgan fingerprint density at radius 2 is 1.64 bits per heavy atom. The number of carboxylic acid groups (broad SMARTS) is 1. The summed E-state index contributed by atoms with van der Waals surface area (Å²) in [6.45, 7) is 14.1. The van der Waals surface area contributed by atoms with Crippen LogP contribution in [0, 0.1) is 0 Å². The molecule has 0 saturated heterocycles. The molecular formula is C28H36N2O6. The first-order chi connectivity index (χ1) is 17.0. The Balaban J connectivity index is 0.000000454. The molecule has 8 nitrogen and oxygen atoms in total. The Bertz CT molecular complexity index is 1140. The van der Waals surface area contributed by atoms with Crippen LogP contribution in [0.5, 0.6) is 5.75 Å². The van der Waals surface area contributed by atoms with Crippen LogP contribution in [0.1, 0.15) is 80.4 Å². The van der Waals surface area contributed by atoms with Gasteiger partial charge in [0.15, 0.2) is 0 Å². The zero-order chi connectivity index (χ0) is 26.7. The van der Waals surface area contributed by atoms with E-state index in [0.29, 0.717) is 11.3 Å². The van der Waals surface area contributed by atoms with Crippen molar-refractivity contribution in [2.75, 3.05) is 19.6 Å². The highest BCUT2D eigenvalue weighted by Crippen LogP contribution is 2.58. The summed E-state index contributed by atoms with van der Waals surface area (Å²) in [5.41, 5.74) is -0.0236. The summed E-state index contributed by atoms with van der Waals surface area (Å²) in [4.78, 5) is 39.3. The van der Waals surface area contributed by atoms with Gasteiger partial charge in [0, 0.05) is 23.1 Å². The van der Waals surface area contributed by atoms with Crippen LogP contribution in [-0.4, -0.2) is 52.4 Å². The monoisotopic (exact) mass is 496 g/mol. The number of benzene rings is 2. The van der Waals surface area contributed by atoms with E-state index in [4.69, 9.17) is 9.84 Å². The van der Waals surface area contributed by atoms with Crippen LogP contribution < -0.4 is 10.1 Å². The predicted octanol–water partition coefficient (Wildman–Crippen LogP) is 3.77. The molecule has 0 radical (unpaired) electrons. The molecule has 0 saturated carbocycles. The number of fused-ring (bicyclic) bond motifs is 5. The van der Waals surface area contributed by atoms with Gasteiger partial charge in [0.25, 0.3) is 5.79 Å². The molecule has 2 aromatic rings. The molecule has 194 valence electrons. The van der Waals surface area contributed by atoms with E-state index < -0.39 is 29.0 Å². The van der Waals surface area contributed by atoms with Gasteiger partial charge in [-0.25, -0.2) is 0 Å². The number of aliphatic hydroxyl groups is 1. The highest BCUT2D eigenvalue weighted by atomic mass is 16.6. The first kappa shape index (κ1) is 27.4. The van der Waals surface area contributed by atoms with Crippen LogP contribution in [-0.2, 0) is 20.9 Å². The zero-order valence-electron chi connectivity index (χ0n) is 21.6. The van der Waals surface area contributed by atoms with E-state index in [1.165, 1.54) is 19.6 Å². The van der Waals surface area contributed by atoms with E-state index in [-0.39, 0.29) is 29.9 Å². The first-order valence-corrected chi connectivity index (χ1v) is 12.5. The van der Waals surface area contributed by atoms with Crippen LogP contribution in [0.25, 0.3) is 0 Å². The van der Waals surface area contributed by atoms with Gasteiger partial charge in [-0.1, -0.05) is 71.0 Å². The number of nitrogens with zero attached hydrogens (tertiary/aromatic N) is 1. The van der Waals surface area contributed by atoms with Crippen molar-refractivity contribution >= 4 is 17.7 Å². The lowest BCUT2D eigenvalue weighted by Gasteiger charge is -2.34. The van der Waals surface area contributed by atoms with Gasteiger partial charge >= 0.3 is 5.97 Å². The topological polar surface area (TPSA) is 116 Å². The van der Waals surface area contributed by atoms with Gasteiger partial charge in [-0.2, -0.15) is 0 Å². The molecule has 36 heavy (non-hydrogen) atoms. The minimum Gasteiger partial charge on any atom is -0.481 e. The fraction of sp³-hybridized carbons (Fsp3) is 0.464. The molecule has 2 unspecified atom stereocenters. The van der Waals surface area contributed by atoms with Crippen LogP contribution in [0.15, 0.2) is 42.5 Å². The van der Waals surface area contributed by atoms with Gasteiger partial charge in [-0.05, 0) is 37.2 Å². The Morgan fingerprint density at radius 1 is 1.00 bits per heavy atom. The number of nitrogens with one attached hydrogen (secondary N) is 1. The molecule has 1 heterocycles. The third kappa shape index (κ3) is 4.63. The standard InChI is InChI=1S/C22H21NO6.C6H15N/c1-12(2)13-7-8-16-17(11-13)29-22(28)15-6-4-3-5-14(15)20(27)21(16,22)23-18(24)9-10-19(25)26;1-4-7(5-2)6-3/h3-8,11-12,28H,9-10H2,1-2H3,(H,23,24)(H,25,26);4-6H2,1-3H3. The number of ketones is 1. The van der Waals surface area contributed by atoms with E-state index in [2.05, 4.69) is 31.0 Å². The number of carboxylic acids is 1. The predicted molar refractivity (Wildman–Crippen MR) is 136 cm³/mol. The average molecular weight is 497 g/mol. The normalized spacial score (nSPS) is 21.3. The van der Waals surface area contributed by atoms with Gasteiger partial charge in [0.1, 0.15) is 5.75 Å². The molecule has 0 fully saturated rings. The molecule has 3 N–H and O–H groups in total. The summed E-state index contributed by atoms with van der Waals surface area (Å²) >= 11 is 0. The van der Waals surface area contributed by atoms with Gasteiger partial charge in [0.2, 0.25) is 17.2 Å². The highest BCUT2D eigenvalue weighted by molar-refractivity contribution is 6.12. The molecule has 8 heteroatoms. The molecule has 1 aliphatic heterocycles. The van der Waals surface area contributed by atoms with Crippen molar-refractivity contribution in [1.29, 1.82) is 0 Å². The number of rotatable bonds is 8. The zero-order valence-corrected chi connectivity index (χ0v) is 21.6. The van der Waals surface area contributed by atoms with E-state index >= 15 is 0 Å². The molecule has 2 atom stereocenters. The SMILES string of the molecule is CC(C)c1ccc2c(c1)OC1(O)c3ccccc3C(=O)C21NC(=O)CCC(=O)O.CCN(CC)CC. The van der Waals surface area contributed by atoms with Crippen LogP contribution in [0.3, 0.4) is 0 Å². The maximum Gasteiger partial charge on any atom is 0.303 e. The fourth-order valence-electron chi connectivity index (χ4n) is 4.79. The number of hydrogen-bond donors (Lipinski definition) is 3. The number of hydrogen-bond acceptors (Lipinski definition) is 6. The summed E-state index contributed by atoms with van der Waals surface area (Å²) in [6.07, 6.45) is -0.711. The highest BCUT2D eigenvalue weighted by Gasteiger charge is 2.71. The number of aliphatic carboxylic acids is 1. The maximum absolute atomic E-state index is 13.5. The fourth-order valence-corrected chi connectivity index (χ4v) is 4.79. The Kier molecular flexibility index (Phi) is 8.21. The molecule has 1 aliphatic carbocycles. The third-order valence-corrected chi connectivity index (χ3v) is 6.95. The van der Waals surface area contributed by atoms with Gasteiger partial charge in [0.05, 0.1) is 6.42 Å². The van der Waals surface area contributed by atoms with Crippen LogP contribution in [0.4, 0.5) is 0 Å². The summed E-state index contributed by atoms with van der Waals surface area (Å²) < 4.78 is 5.94. The average Bonchev–Trinajstić information content (AvgIpc) is 3.21. The van der Waals surface area contributed by atoms with E-state index in [9.17, 15) is 19.5 Å². The van der Waals surface area contributed by atoms with Crippen molar-refractivity contribution in [2.45, 2.75) is 64.7 Å². The lowest BCUT2D eigenvalue weighted by molar-refractivity contribution is -0.175. The summed E-state index contributed by atoms with van der Waals surface area (Å²) in [5.74, 6) is -3.87. The lowest BCUT2D eigenvalue weighted by atomic mass is 9.82. The van der Waals surface area contributed by atoms with Crippen molar-refractivity contribution in [3.63, 3.8) is 0 Å². The molecule has 1 amide bonds. The molecule has 2 aromatic carbocycles. The molecule has 0 spiro atoms. The largest absolute Gasteiger partial charge is 0.481 e. The van der Waals surface area contributed by atoms with E-state index in [0.717, 1.165) is 5.56 Å². The summed E-state index contributed by atoms with van der Waals surface area (Å²) in [7, 11) is 0. The lowest BCUT2D eigenvalue weighted by Crippen LogP contribution is -2.60. The van der Waals surface area contributed by atoms with Crippen molar-refractivity contribution in [2.24, 2.45) is 0 Å². The Morgan fingerprint density at radius 3 is 2.19 bits per heavy atom. The van der Waals surface area contributed by atoms with Crippen molar-refractivity contribution in [3.05, 3.63) is 64.7 Å². The molecule has 4 rings (SSSR count). The maximum atomic E-state index is 13.5. The molecule has 2 aliphatic rings. The molecular weight excluding hydrogens is 460 g/mol. The van der Waals surface area contributed by atoms with Crippen LogP contribution in [0.2, 0.25) is 0 Å². The van der Waals surface area contributed by atoms with Gasteiger partial charge in [-0.3, -0.25) is 14.4 Å². The number of carbonyl (C=O) groups excluding carboxylic acids is 2. The van der Waals surface area contributed by atoms with Crippen LogP contribution >= 0.6 is 0 Å². The van der Waals surface area contributed by atoms with Gasteiger partial charge in [-0.15, -0.1) is 0 Å². The number of Topliss-reactive ketones (excluding diaryl/α,β-unsaturated/α-hetero) is 1. The minimum absolute atomic E-state index is 0.197. The second kappa shape index (κ2) is 10.8. The van der Waals surface area contributed by atoms with Gasteiger partial charge < -0.3 is 25.2 Å². The third-order valence-electron chi connectivity index (χ3n) is 6.95. The molecule has 0 bridgehead atoms. The second-order valence-electron chi connectivity index (χ2n) is 9.34. The summed E-state index contributed by atoms with van der Waals surface area (Å²) in [5, 5.41) is 23.1. The smallest absolute Gasteiger partial charge is 0.303 e. The first-order valence-electron chi connectivity index (χ1n) is 12.5. The number of carbonyl (C=O) groups is 3. The number of amides is 1. The van der Waals surface area contributed by atoms with Crippen molar-refractivity contribution < 1.29 is 29.3 Å². The Hall–Kier alpha value is -3.23. The number of ether oxygens (including phenoxy) is 1. The minimum atomic E-state index is -2.11. The van der Waals surface area contributed by atoms with E-state index in [1.807, 2.05) is 19.9 Å².